The zero-order valence-electron chi connectivity index (χ0n) is 11.1. The summed E-state index contributed by atoms with van der Waals surface area (Å²) in [6, 6.07) is 2.20. The van der Waals surface area contributed by atoms with Gasteiger partial charge >= 0.3 is 0 Å². The van der Waals surface area contributed by atoms with Crippen molar-refractivity contribution in [2.24, 2.45) is 11.7 Å². The molecule has 1 heterocycles. The van der Waals surface area contributed by atoms with Crippen LogP contribution in [-0.2, 0) is 0 Å². The van der Waals surface area contributed by atoms with Gasteiger partial charge in [-0.1, -0.05) is 6.42 Å². The van der Waals surface area contributed by atoms with E-state index in [0.717, 1.165) is 31.0 Å². The molecule has 100 valence electrons. The van der Waals surface area contributed by atoms with Crippen molar-refractivity contribution in [3.05, 3.63) is 11.9 Å². The van der Waals surface area contributed by atoms with Crippen molar-refractivity contribution in [1.29, 1.82) is 0 Å². The Bertz CT molecular complexity index is 397. The lowest BCUT2D eigenvalue weighted by Crippen LogP contribution is -2.31. The van der Waals surface area contributed by atoms with Crippen LogP contribution in [0.4, 0.5) is 5.82 Å². The molecule has 0 saturated heterocycles. The molecular formula is C13H22N4O. The van der Waals surface area contributed by atoms with E-state index in [0.29, 0.717) is 17.8 Å². The van der Waals surface area contributed by atoms with Crippen LogP contribution in [-0.4, -0.2) is 29.7 Å². The van der Waals surface area contributed by atoms with Gasteiger partial charge in [-0.25, -0.2) is 4.98 Å². The van der Waals surface area contributed by atoms with E-state index in [1.54, 1.807) is 7.11 Å². The Morgan fingerprint density at radius 3 is 3.00 bits per heavy atom. The molecule has 2 unspecified atom stereocenters. The van der Waals surface area contributed by atoms with Crippen molar-refractivity contribution < 1.29 is 4.74 Å². The molecule has 1 aromatic heterocycles. The molecule has 5 nitrogen and oxygen atoms in total. The molecule has 0 bridgehead atoms. The number of ether oxygens (including phenoxy) is 1. The number of nitrogens with one attached hydrogen (secondary N) is 1. The van der Waals surface area contributed by atoms with Crippen LogP contribution >= 0.6 is 0 Å². The lowest BCUT2D eigenvalue weighted by atomic mass is 9.86. The molecule has 1 aromatic rings. The number of nitrogens with two attached hydrogens (primary N) is 1. The minimum absolute atomic E-state index is 0.368. The Kier molecular flexibility index (Phi) is 4.36. The fourth-order valence-corrected chi connectivity index (χ4v) is 2.50. The molecule has 2 rings (SSSR count). The molecule has 1 aliphatic rings. The molecule has 1 saturated carbocycles. The minimum atomic E-state index is 0.368. The molecule has 0 spiro atoms. The number of nitrogens with zero attached hydrogens (tertiary/aromatic N) is 2. The van der Waals surface area contributed by atoms with Gasteiger partial charge in [0.05, 0.1) is 7.11 Å². The van der Waals surface area contributed by atoms with Gasteiger partial charge in [0.2, 0.25) is 5.88 Å². The number of rotatable bonds is 4. The first-order valence-electron chi connectivity index (χ1n) is 6.56. The summed E-state index contributed by atoms with van der Waals surface area (Å²) < 4.78 is 5.13. The topological polar surface area (TPSA) is 73.1 Å². The zero-order valence-corrected chi connectivity index (χ0v) is 11.1. The summed E-state index contributed by atoms with van der Waals surface area (Å²) in [5.74, 6) is 2.80. The average molecular weight is 250 g/mol. The second kappa shape index (κ2) is 6.00. The third-order valence-corrected chi connectivity index (χ3v) is 3.42. The van der Waals surface area contributed by atoms with Crippen LogP contribution in [0.5, 0.6) is 5.88 Å². The quantitative estimate of drug-likeness (QED) is 0.851. The van der Waals surface area contributed by atoms with Crippen LogP contribution in [0.15, 0.2) is 6.07 Å². The number of methoxy groups -OCH3 is 1. The first kappa shape index (κ1) is 13.1. The maximum Gasteiger partial charge on any atom is 0.218 e. The normalized spacial score (nSPS) is 23.7. The van der Waals surface area contributed by atoms with Crippen molar-refractivity contribution in [2.45, 2.75) is 38.6 Å². The van der Waals surface area contributed by atoms with Crippen molar-refractivity contribution >= 4 is 5.82 Å². The molecule has 2 atom stereocenters. The largest absolute Gasteiger partial charge is 0.481 e. The number of anilines is 1. The van der Waals surface area contributed by atoms with Crippen LogP contribution < -0.4 is 15.8 Å². The van der Waals surface area contributed by atoms with Crippen LogP contribution in [0.3, 0.4) is 0 Å². The average Bonchev–Trinajstić information content (AvgIpc) is 2.36. The van der Waals surface area contributed by atoms with Gasteiger partial charge in [0.15, 0.2) is 0 Å². The Morgan fingerprint density at radius 2 is 2.28 bits per heavy atom. The third-order valence-electron chi connectivity index (χ3n) is 3.42. The number of hydrogen-bond acceptors (Lipinski definition) is 5. The maximum atomic E-state index is 5.99. The van der Waals surface area contributed by atoms with Gasteiger partial charge in [-0.05, 0) is 32.1 Å². The monoisotopic (exact) mass is 250 g/mol. The highest BCUT2D eigenvalue weighted by Gasteiger charge is 2.19. The van der Waals surface area contributed by atoms with Gasteiger partial charge in [0.25, 0.3) is 0 Å². The summed E-state index contributed by atoms with van der Waals surface area (Å²) >= 11 is 0. The van der Waals surface area contributed by atoms with Crippen LogP contribution in [0, 0.1) is 12.8 Å². The van der Waals surface area contributed by atoms with Crippen LogP contribution in [0.25, 0.3) is 0 Å². The standard InChI is InChI=1S/C13H22N4O/c1-9-16-12(7-13(17-9)18-2)15-8-10-4-3-5-11(14)6-10/h7,10-11H,3-6,8,14H2,1-2H3,(H,15,16,17). The molecular weight excluding hydrogens is 228 g/mol. The summed E-state index contributed by atoms with van der Waals surface area (Å²) in [6.45, 7) is 2.79. The summed E-state index contributed by atoms with van der Waals surface area (Å²) in [5.41, 5.74) is 5.99. The summed E-state index contributed by atoms with van der Waals surface area (Å²) in [7, 11) is 1.62. The molecule has 0 aliphatic heterocycles. The maximum absolute atomic E-state index is 5.99. The van der Waals surface area contributed by atoms with Crippen LogP contribution in [0.2, 0.25) is 0 Å². The molecule has 0 aromatic carbocycles. The van der Waals surface area contributed by atoms with Crippen LogP contribution in [0.1, 0.15) is 31.5 Å². The highest BCUT2D eigenvalue weighted by molar-refractivity contribution is 5.38. The van der Waals surface area contributed by atoms with Gasteiger partial charge in [-0.15, -0.1) is 0 Å². The summed E-state index contributed by atoms with van der Waals surface area (Å²) in [6.07, 6.45) is 4.76. The van der Waals surface area contributed by atoms with Gasteiger partial charge in [0.1, 0.15) is 11.6 Å². The molecule has 0 amide bonds. The van der Waals surface area contributed by atoms with E-state index < -0.39 is 0 Å². The Morgan fingerprint density at radius 1 is 1.44 bits per heavy atom. The molecule has 1 fully saturated rings. The smallest absolute Gasteiger partial charge is 0.218 e. The summed E-state index contributed by atoms with van der Waals surface area (Å²) in [4.78, 5) is 8.52. The Hall–Kier alpha value is -1.36. The van der Waals surface area contributed by atoms with Gasteiger partial charge in [-0.2, -0.15) is 4.98 Å². The highest BCUT2D eigenvalue weighted by Crippen LogP contribution is 2.23. The third kappa shape index (κ3) is 3.57. The van der Waals surface area contributed by atoms with E-state index in [1.807, 2.05) is 13.0 Å². The van der Waals surface area contributed by atoms with E-state index in [1.165, 1.54) is 12.8 Å². The van der Waals surface area contributed by atoms with Gasteiger partial charge in [0, 0.05) is 18.7 Å². The molecule has 5 heteroatoms. The SMILES string of the molecule is COc1cc(NCC2CCCC(N)C2)nc(C)n1. The summed E-state index contributed by atoms with van der Waals surface area (Å²) in [5, 5.41) is 3.36. The predicted molar refractivity (Wildman–Crippen MR) is 71.7 cm³/mol. The van der Waals surface area contributed by atoms with Crippen molar-refractivity contribution in [2.75, 3.05) is 19.0 Å². The highest BCUT2D eigenvalue weighted by atomic mass is 16.5. The minimum Gasteiger partial charge on any atom is -0.481 e. The lowest BCUT2D eigenvalue weighted by Gasteiger charge is -2.26. The number of aromatic nitrogens is 2. The van der Waals surface area contributed by atoms with E-state index in [9.17, 15) is 0 Å². The van der Waals surface area contributed by atoms with E-state index in [4.69, 9.17) is 10.5 Å². The first-order chi connectivity index (χ1) is 8.67. The molecule has 18 heavy (non-hydrogen) atoms. The van der Waals surface area contributed by atoms with E-state index >= 15 is 0 Å². The Balaban J connectivity index is 1.91. The Labute approximate surface area is 108 Å². The van der Waals surface area contributed by atoms with Gasteiger partial charge in [-0.3, -0.25) is 0 Å². The van der Waals surface area contributed by atoms with Crippen molar-refractivity contribution in [3.8, 4) is 5.88 Å². The predicted octanol–water partition coefficient (Wildman–Crippen LogP) is 1.72. The first-order valence-corrected chi connectivity index (χ1v) is 6.56. The second-order valence-electron chi connectivity index (χ2n) is 5.02. The van der Waals surface area contributed by atoms with Crippen molar-refractivity contribution in [3.63, 3.8) is 0 Å². The molecule has 1 aliphatic carbocycles. The second-order valence-corrected chi connectivity index (χ2v) is 5.02. The number of aryl methyl sites for hydroxylation is 1. The van der Waals surface area contributed by atoms with Gasteiger partial charge < -0.3 is 15.8 Å². The number of hydrogen-bond donors (Lipinski definition) is 2. The lowest BCUT2D eigenvalue weighted by molar-refractivity contribution is 0.334. The molecule has 0 radical (unpaired) electrons. The van der Waals surface area contributed by atoms with Crippen molar-refractivity contribution in [1.82, 2.24) is 9.97 Å². The van der Waals surface area contributed by atoms with E-state index in [2.05, 4.69) is 15.3 Å². The zero-order chi connectivity index (χ0) is 13.0. The fourth-order valence-electron chi connectivity index (χ4n) is 2.50. The fraction of sp³-hybridized carbons (Fsp3) is 0.692. The molecule has 3 N–H and O–H groups in total. The van der Waals surface area contributed by atoms with E-state index in [-0.39, 0.29) is 0 Å².